The minimum atomic E-state index is -0.281. The third kappa shape index (κ3) is 2.98. The summed E-state index contributed by atoms with van der Waals surface area (Å²) in [7, 11) is 0. The molecule has 0 bridgehead atoms. The van der Waals surface area contributed by atoms with Gasteiger partial charge in [0.05, 0.1) is 12.0 Å². The van der Waals surface area contributed by atoms with E-state index in [0.717, 1.165) is 25.9 Å². The van der Waals surface area contributed by atoms with Gasteiger partial charge in [-0.15, -0.1) is 0 Å². The molecule has 3 heteroatoms. The highest BCUT2D eigenvalue weighted by molar-refractivity contribution is 5.77. The van der Waals surface area contributed by atoms with Gasteiger partial charge in [-0.1, -0.05) is 13.8 Å². The lowest BCUT2D eigenvalue weighted by Crippen LogP contribution is -2.32. The molecule has 1 heterocycles. The molecule has 0 aromatic heterocycles. The van der Waals surface area contributed by atoms with Crippen LogP contribution in [0.15, 0.2) is 0 Å². The van der Waals surface area contributed by atoms with Crippen molar-refractivity contribution in [2.75, 3.05) is 19.7 Å². The van der Waals surface area contributed by atoms with Gasteiger partial charge < -0.3 is 10.1 Å². The Morgan fingerprint density at radius 3 is 2.79 bits per heavy atom. The molecule has 3 nitrogen and oxygen atoms in total. The molecule has 0 aliphatic carbocycles. The van der Waals surface area contributed by atoms with Crippen molar-refractivity contribution in [3.8, 4) is 0 Å². The molecule has 1 unspecified atom stereocenters. The normalized spacial score (nSPS) is 26.9. The number of hydrogen-bond acceptors (Lipinski definition) is 3. The van der Waals surface area contributed by atoms with Crippen LogP contribution < -0.4 is 5.32 Å². The molecule has 1 atom stereocenters. The number of carbonyl (C=O) groups is 1. The SMILES string of the molecule is CC(C)CCOC(=O)C1(C)CCNC1. The molecule has 82 valence electrons. The molecule has 1 aliphatic rings. The zero-order valence-electron chi connectivity index (χ0n) is 9.43. The van der Waals surface area contributed by atoms with Gasteiger partial charge in [0.1, 0.15) is 0 Å². The van der Waals surface area contributed by atoms with Gasteiger partial charge in [0.25, 0.3) is 0 Å². The van der Waals surface area contributed by atoms with Gasteiger partial charge in [0.2, 0.25) is 0 Å². The second-order valence-corrected chi connectivity index (χ2v) is 4.81. The Hall–Kier alpha value is -0.570. The quantitative estimate of drug-likeness (QED) is 0.698. The fourth-order valence-electron chi connectivity index (χ4n) is 1.55. The largest absolute Gasteiger partial charge is 0.465 e. The predicted octanol–water partition coefficient (Wildman–Crippen LogP) is 1.58. The van der Waals surface area contributed by atoms with E-state index in [1.807, 2.05) is 6.92 Å². The van der Waals surface area contributed by atoms with Crippen LogP contribution in [0.2, 0.25) is 0 Å². The van der Waals surface area contributed by atoms with Crippen molar-refractivity contribution in [1.29, 1.82) is 0 Å². The topological polar surface area (TPSA) is 38.3 Å². The molecule has 1 fully saturated rings. The minimum Gasteiger partial charge on any atom is -0.465 e. The van der Waals surface area contributed by atoms with Crippen LogP contribution in [-0.2, 0) is 9.53 Å². The zero-order chi connectivity index (χ0) is 10.6. The first-order valence-electron chi connectivity index (χ1n) is 5.42. The van der Waals surface area contributed by atoms with E-state index in [0.29, 0.717) is 12.5 Å². The van der Waals surface area contributed by atoms with E-state index in [1.54, 1.807) is 0 Å². The second kappa shape index (κ2) is 4.78. The van der Waals surface area contributed by atoms with Crippen LogP contribution in [0.1, 0.15) is 33.6 Å². The van der Waals surface area contributed by atoms with Gasteiger partial charge in [-0.25, -0.2) is 0 Å². The van der Waals surface area contributed by atoms with Crippen LogP contribution in [0.5, 0.6) is 0 Å². The summed E-state index contributed by atoms with van der Waals surface area (Å²) in [4.78, 5) is 11.7. The van der Waals surface area contributed by atoms with E-state index < -0.39 is 0 Å². The van der Waals surface area contributed by atoms with Crippen LogP contribution in [-0.4, -0.2) is 25.7 Å². The number of ether oxygens (including phenoxy) is 1. The zero-order valence-corrected chi connectivity index (χ0v) is 9.43. The summed E-state index contributed by atoms with van der Waals surface area (Å²) in [5, 5.41) is 3.19. The third-order valence-corrected chi connectivity index (χ3v) is 2.79. The van der Waals surface area contributed by atoms with Crippen LogP contribution in [0.25, 0.3) is 0 Å². The van der Waals surface area contributed by atoms with Crippen LogP contribution in [0.4, 0.5) is 0 Å². The summed E-state index contributed by atoms with van der Waals surface area (Å²) in [6.45, 7) is 8.49. The highest BCUT2D eigenvalue weighted by atomic mass is 16.5. The molecule has 14 heavy (non-hydrogen) atoms. The van der Waals surface area contributed by atoms with E-state index in [9.17, 15) is 4.79 Å². The number of rotatable bonds is 4. The first kappa shape index (κ1) is 11.5. The molecule has 1 N–H and O–H groups in total. The maximum atomic E-state index is 11.7. The minimum absolute atomic E-state index is 0.0387. The summed E-state index contributed by atoms with van der Waals surface area (Å²) in [6, 6.07) is 0. The Balaban J connectivity index is 2.27. The third-order valence-electron chi connectivity index (χ3n) is 2.79. The van der Waals surface area contributed by atoms with Crippen molar-refractivity contribution in [2.45, 2.75) is 33.6 Å². The predicted molar refractivity (Wildman–Crippen MR) is 56.0 cm³/mol. The Morgan fingerprint density at radius 2 is 2.29 bits per heavy atom. The maximum absolute atomic E-state index is 11.7. The average Bonchev–Trinajstić information content (AvgIpc) is 2.52. The van der Waals surface area contributed by atoms with E-state index in [-0.39, 0.29) is 11.4 Å². The van der Waals surface area contributed by atoms with Crippen molar-refractivity contribution in [3.63, 3.8) is 0 Å². The molecule has 0 amide bonds. The van der Waals surface area contributed by atoms with Crippen LogP contribution in [0.3, 0.4) is 0 Å². The Bertz CT molecular complexity index is 195. The standard InChI is InChI=1S/C11H21NO2/c1-9(2)4-7-14-10(13)11(3)5-6-12-8-11/h9,12H,4-8H2,1-3H3. The average molecular weight is 199 g/mol. The number of carbonyl (C=O) groups excluding carboxylic acids is 1. The summed E-state index contributed by atoms with van der Waals surface area (Å²) in [5.74, 6) is 0.556. The fourth-order valence-corrected chi connectivity index (χ4v) is 1.55. The highest BCUT2D eigenvalue weighted by Gasteiger charge is 2.37. The molecule has 1 rings (SSSR count). The van der Waals surface area contributed by atoms with Crippen molar-refractivity contribution in [3.05, 3.63) is 0 Å². The summed E-state index contributed by atoms with van der Waals surface area (Å²) in [5.41, 5.74) is -0.281. The van der Waals surface area contributed by atoms with Gasteiger partial charge in [-0.05, 0) is 32.2 Å². The van der Waals surface area contributed by atoms with Crippen molar-refractivity contribution in [2.24, 2.45) is 11.3 Å². The number of esters is 1. The van der Waals surface area contributed by atoms with E-state index >= 15 is 0 Å². The van der Waals surface area contributed by atoms with Gasteiger partial charge in [0, 0.05) is 6.54 Å². The highest BCUT2D eigenvalue weighted by Crippen LogP contribution is 2.26. The van der Waals surface area contributed by atoms with Gasteiger partial charge in [-0.3, -0.25) is 4.79 Å². The van der Waals surface area contributed by atoms with Crippen molar-refractivity contribution < 1.29 is 9.53 Å². The van der Waals surface area contributed by atoms with Gasteiger partial charge in [-0.2, -0.15) is 0 Å². The molecule has 1 saturated heterocycles. The number of hydrogen-bond donors (Lipinski definition) is 1. The van der Waals surface area contributed by atoms with Crippen molar-refractivity contribution >= 4 is 5.97 Å². The molecule has 0 saturated carbocycles. The maximum Gasteiger partial charge on any atom is 0.313 e. The van der Waals surface area contributed by atoms with Crippen molar-refractivity contribution in [1.82, 2.24) is 5.32 Å². The second-order valence-electron chi connectivity index (χ2n) is 4.81. The van der Waals surface area contributed by atoms with Gasteiger partial charge in [0.15, 0.2) is 0 Å². The van der Waals surface area contributed by atoms with Gasteiger partial charge >= 0.3 is 5.97 Å². The first-order valence-corrected chi connectivity index (χ1v) is 5.42. The van der Waals surface area contributed by atoms with Crippen LogP contribution in [0, 0.1) is 11.3 Å². The summed E-state index contributed by atoms with van der Waals surface area (Å²) in [6.07, 6.45) is 1.85. The first-order chi connectivity index (χ1) is 6.54. The lowest BCUT2D eigenvalue weighted by Gasteiger charge is -2.20. The Kier molecular flexibility index (Phi) is 3.93. The molecule has 1 aliphatic heterocycles. The number of nitrogens with one attached hydrogen (secondary N) is 1. The smallest absolute Gasteiger partial charge is 0.313 e. The Labute approximate surface area is 86.2 Å². The molecule has 0 aromatic rings. The molecular weight excluding hydrogens is 178 g/mol. The lowest BCUT2D eigenvalue weighted by atomic mass is 9.90. The van der Waals surface area contributed by atoms with E-state index in [4.69, 9.17) is 4.74 Å². The molecule has 0 aromatic carbocycles. The monoisotopic (exact) mass is 199 g/mol. The van der Waals surface area contributed by atoms with Crippen LogP contribution >= 0.6 is 0 Å². The molecule has 0 spiro atoms. The van der Waals surface area contributed by atoms with E-state index in [2.05, 4.69) is 19.2 Å². The molecule has 0 radical (unpaired) electrons. The Morgan fingerprint density at radius 1 is 1.57 bits per heavy atom. The van der Waals surface area contributed by atoms with E-state index in [1.165, 1.54) is 0 Å². The lowest BCUT2D eigenvalue weighted by molar-refractivity contribution is -0.154. The fraction of sp³-hybridized carbons (Fsp3) is 0.909. The molecular formula is C11H21NO2. The summed E-state index contributed by atoms with van der Waals surface area (Å²) < 4.78 is 5.26. The summed E-state index contributed by atoms with van der Waals surface area (Å²) >= 11 is 0.